The second-order valence-corrected chi connectivity index (χ2v) is 17.7. The van der Waals surface area contributed by atoms with Crippen molar-refractivity contribution in [1.82, 2.24) is 24.2 Å². The van der Waals surface area contributed by atoms with Gasteiger partial charge in [0.2, 0.25) is 0 Å². The van der Waals surface area contributed by atoms with Gasteiger partial charge >= 0.3 is 299 Å². The van der Waals surface area contributed by atoms with E-state index in [2.05, 4.69) is 11.1 Å². The van der Waals surface area contributed by atoms with Crippen molar-refractivity contribution < 1.29 is 28.7 Å². The van der Waals surface area contributed by atoms with E-state index in [4.69, 9.17) is 28.9 Å². The van der Waals surface area contributed by atoms with Gasteiger partial charge in [0.15, 0.2) is 0 Å². The Balaban J connectivity index is 1.67. The number of methoxy groups -OCH3 is 3. The van der Waals surface area contributed by atoms with E-state index in [-0.39, 0.29) is 50.6 Å². The fourth-order valence-corrected chi connectivity index (χ4v) is 11.4. The molecule has 5 aromatic rings. The zero-order chi connectivity index (χ0) is 38.3. The first-order valence-corrected chi connectivity index (χ1v) is 20.2. The summed E-state index contributed by atoms with van der Waals surface area (Å²) in [4.78, 5) is 39.1. The summed E-state index contributed by atoms with van der Waals surface area (Å²) in [6.45, 7) is 8.11. The van der Waals surface area contributed by atoms with Crippen molar-refractivity contribution in [2.24, 2.45) is 0 Å². The summed E-state index contributed by atoms with van der Waals surface area (Å²) >= 11 is 0. The van der Waals surface area contributed by atoms with Gasteiger partial charge in [0.1, 0.15) is 0 Å². The Morgan fingerprint density at radius 2 is 1.36 bits per heavy atom. The topological polar surface area (TPSA) is 148 Å². The molecule has 0 aliphatic rings. The van der Waals surface area contributed by atoms with Crippen LogP contribution in [0.2, 0.25) is 0 Å². The van der Waals surface area contributed by atoms with Crippen LogP contribution < -0.4 is 9.47 Å². The number of aromatic nitrogens is 4. The maximum atomic E-state index is 12.4. The van der Waals surface area contributed by atoms with Crippen molar-refractivity contribution in [3.05, 3.63) is 113 Å². The number of imidazole rings is 1. The van der Waals surface area contributed by atoms with Gasteiger partial charge in [0, 0.05) is 0 Å². The van der Waals surface area contributed by atoms with Crippen LogP contribution in [0.4, 0.5) is 0 Å². The number of aryl methyl sites for hydroxylation is 1. The third kappa shape index (κ3) is 8.36. The molecule has 13 heteroatoms. The van der Waals surface area contributed by atoms with E-state index in [1.165, 1.54) is 0 Å². The van der Waals surface area contributed by atoms with Gasteiger partial charge in [-0.1, -0.05) is 0 Å². The standard InChI is InChI=1S/C40H51N6O6P/c1-29(2)46(30(3)4)53(47,48,24-11-22-41)25-23-45-38(43-36-26-42-37(27-49-5)44-39(36)45)28-52-40(31-12-9-8-10-13-31,32-14-18-34(50-6)19-15-32)33-16-20-35(51-7)21-17-33/h8-10,12-21,26,29-30,47-48H,11,23-25,27-28H2,1-7H3. The summed E-state index contributed by atoms with van der Waals surface area (Å²) in [7, 11) is 0.207. The summed E-state index contributed by atoms with van der Waals surface area (Å²) in [6.07, 6.45) is 1.58. The molecule has 53 heavy (non-hydrogen) atoms. The Kier molecular flexibility index (Phi) is 12.5. The molecule has 2 N–H and O–H groups in total. The molecule has 0 saturated heterocycles. The molecule has 5 rings (SSSR count). The Hall–Kier alpha value is -4.47. The summed E-state index contributed by atoms with van der Waals surface area (Å²) in [5, 5.41) is 9.56. The van der Waals surface area contributed by atoms with Gasteiger partial charge < -0.3 is 0 Å². The summed E-state index contributed by atoms with van der Waals surface area (Å²) in [5.74, 6) is 2.40. The van der Waals surface area contributed by atoms with Gasteiger partial charge in [0.25, 0.3) is 0 Å². The van der Waals surface area contributed by atoms with Crippen LogP contribution in [0.25, 0.3) is 11.2 Å². The SMILES string of the molecule is COCc1ncc2nc(COC(c3ccccc3)(c3ccc(OC)cc3)c3ccc(OC)cc3)n(CCP(O)(O)(CCC#N)N(C(C)C)C(C)C)c2n1. The number of hydrogen-bond acceptors (Lipinski definition) is 11. The van der Waals surface area contributed by atoms with Crippen molar-refractivity contribution in [2.45, 2.75) is 71.6 Å². The molecule has 0 fully saturated rings. The van der Waals surface area contributed by atoms with Crippen LogP contribution in [0.3, 0.4) is 0 Å². The molecule has 0 saturated carbocycles. The second-order valence-electron chi connectivity index (χ2n) is 13.7. The van der Waals surface area contributed by atoms with Crippen LogP contribution >= 0.6 is 7.21 Å². The van der Waals surface area contributed by atoms with E-state index in [0.717, 1.165) is 16.7 Å². The summed E-state index contributed by atoms with van der Waals surface area (Å²) in [5.41, 5.74) is 2.52. The summed E-state index contributed by atoms with van der Waals surface area (Å²) in [6, 6.07) is 27.3. The van der Waals surface area contributed by atoms with Gasteiger partial charge in [0.05, 0.1) is 14.2 Å². The third-order valence-corrected chi connectivity index (χ3v) is 13.8. The predicted molar refractivity (Wildman–Crippen MR) is 207 cm³/mol. The molecule has 0 aliphatic heterocycles. The normalized spacial score (nSPS) is 13.0. The first-order chi connectivity index (χ1) is 25.4. The molecule has 0 radical (unpaired) electrons. The van der Waals surface area contributed by atoms with Crippen LogP contribution in [-0.2, 0) is 34.8 Å². The molecule has 0 amide bonds. The molecule has 2 heterocycles. The number of hydrogen-bond donors (Lipinski definition) is 2. The van der Waals surface area contributed by atoms with E-state index in [1.807, 2.05) is 111 Å². The fraction of sp³-hybridized carbons (Fsp3) is 0.400. The second kappa shape index (κ2) is 16.7. The van der Waals surface area contributed by atoms with Crippen LogP contribution in [0.15, 0.2) is 85.1 Å². The van der Waals surface area contributed by atoms with E-state index in [0.29, 0.717) is 34.3 Å². The molecule has 12 nitrogen and oxygen atoms in total. The quantitative estimate of drug-likeness (QED) is 0.0721. The van der Waals surface area contributed by atoms with Crippen LogP contribution in [0.1, 0.15) is 62.5 Å². The molecular formula is C40H51N6O6P. The van der Waals surface area contributed by atoms with Crippen LogP contribution in [0, 0.1) is 11.3 Å². The fourth-order valence-electron chi connectivity index (χ4n) is 7.38. The molecule has 3 aromatic carbocycles. The van der Waals surface area contributed by atoms with Gasteiger partial charge in [-0.2, -0.15) is 0 Å². The number of ether oxygens (including phenoxy) is 4. The van der Waals surface area contributed by atoms with Crippen LogP contribution in [-0.4, -0.2) is 79.7 Å². The van der Waals surface area contributed by atoms with Crippen molar-refractivity contribution >= 4 is 18.4 Å². The molecular weight excluding hydrogens is 691 g/mol. The number of nitrogens with zero attached hydrogens (tertiary/aromatic N) is 6. The summed E-state index contributed by atoms with van der Waals surface area (Å²) < 4.78 is 27.2. The first-order valence-electron chi connectivity index (χ1n) is 17.7. The minimum absolute atomic E-state index is 0.00484. The van der Waals surface area contributed by atoms with Gasteiger partial charge in [-0.25, -0.2) is 0 Å². The zero-order valence-corrected chi connectivity index (χ0v) is 32.5. The van der Waals surface area contributed by atoms with Gasteiger partial charge in [-0.3, -0.25) is 0 Å². The molecule has 0 unspecified atom stereocenters. The number of benzene rings is 3. The Bertz CT molecular complexity index is 1940. The molecule has 0 spiro atoms. The Morgan fingerprint density at radius 1 is 0.792 bits per heavy atom. The number of rotatable bonds is 18. The van der Waals surface area contributed by atoms with Crippen molar-refractivity contribution in [3.8, 4) is 17.6 Å². The molecule has 0 bridgehead atoms. The number of nitriles is 1. The molecule has 0 atom stereocenters. The van der Waals surface area contributed by atoms with Gasteiger partial charge in [-0.15, -0.1) is 0 Å². The third-order valence-electron chi connectivity index (χ3n) is 9.54. The van der Waals surface area contributed by atoms with Crippen molar-refractivity contribution in [3.63, 3.8) is 0 Å². The molecule has 2 aromatic heterocycles. The van der Waals surface area contributed by atoms with Crippen LogP contribution in [0.5, 0.6) is 11.5 Å². The monoisotopic (exact) mass is 742 g/mol. The average molecular weight is 743 g/mol. The Labute approximate surface area is 312 Å². The van der Waals surface area contributed by atoms with E-state index in [9.17, 15) is 15.0 Å². The maximum absolute atomic E-state index is 12.4. The first kappa shape index (κ1) is 39.7. The van der Waals surface area contributed by atoms with E-state index >= 15 is 0 Å². The van der Waals surface area contributed by atoms with Crippen molar-refractivity contribution in [1.29, 1.82) is 5.26 Å². The average Bonchev–Trinajstić information content (AvgIpc) is 3.50. The van der Waals surface area contributed by atoms with Crippen molar-refractivity contribution in [2.75, 3.05) is 33.7 Å². The number of fused-ring (bicyclic) bond motifs is 1. The van der Waals surface area contributed by atoms with E-state index < -0.39 is 12.8 Å². The molecule has 282 valence electrons. The van der Waals surface area contributed by atoms with E-state index in [1.54, 1.807) is 32.2 Å². The zero-order valence-electron chi connectivity index (χ0n) is 31.6. The predicted octanol–water partition coefficient (Wildman–Crippen LogP) is 6.81. The molecule has 0 aliphatic carbocycles. The Morgan fingerprint density at radius 3 is 1.87 bits per heavy atom. The van der Waals surface area contributed by atoms with Gasteiger partial charge in [-0.05, 0) is 0 Å². The minimum atomic E-state index is -4.63.